The van der Waals surface area contributed by atoms with Gasteiger partial charge in [0.15, 0.2) is 0 Å². The lowest BCUT2D eigenvalue weighted by atomic mass is 10.3. The molecule has 0 aromatic carbocycles. The number of aromatic amines is 1. The van der Waals surface area contributed by atoms with Crippen LogP contribution in [-0.4, -0.2) is 9.50 Å². The maximum Gasteiger partial charge on any atom is 0.338 e. The zero-order chi connectivity index (χ0) is 10.1. The van der Waals surface area contributed by atoms with E-state index in [4.69, 9.17) is 4.42 Å². The van der Waals surface area contributed by atoms with Crippen LogP contribution in [0.15, 0.2) is 32.2 Å². The van der Waals surface area contributed by atoms with Gasteiger partial charge in [-0.15, -0.1) is 0 Å². The van der Waals surface area contributed by atoms with Gasteiger partial charge in [0, 0.05) is 21.1 Å². The smallest absolute Gasteiger partial charge is 0.338 e. The Morgan fingerprint density at radius 1 is 1.36 bits per heavy atom. The predicted octanol–water partition coefficient (Wildman–Crippen LogP) is 1.05. The molecule has 0 unspecified atom stereocenters. The molecular formula is C9H6INO3. The molecule has 1 N–H and O–H groups in total. The van der Waals surface area contributed by atoms with Crippen molar-refractivity contribution in [3.8, 4) is 0 Å². The summed E-state index contributed by atoms with van der Waals surface area (Å²) in [5, 5.41) is 0.770. The fourth-order valence-corrected chi connectivity index (χ4v) is 2.46. The minimum Gasteiger partial charge on any atom is -0.406 e. The number of aromatic nitrogens is 1. The Balaban J connectivity index is 3.01. The zero-order valence-corrected chi connectivity index (χ0v) is 9.20. The average molecular weight is 303 g/mol. The van der Waals surface area contributed by atoms with Crippen LogP contribution in [0.4, 0.5) is 0 Å². The summed E-state index contributed by atoms with van der Waals surface area (Å²) in [7, 11) is 0. The maximum atomic E-state index is 11.1. The van der Waals surface area contributed by atoms with E-state index in [0.717, 1.165) is 8.96 Å². The Morgan fingerprint density at radius 2 is 2.14 bits per heavy atom. The molecule has 2 aromatic heterocycles. The van der Waals surface area contributed by atoms with Gasteiger partial charge in [0.1, 0.15) is 0 Å². The van der Waals surface area contributed by atoms with Crippen molar-refractivity contribution >= 4 is 36.3 Å². The Labute approximate surface area is 88.3 Å². The van der Waals surface area contributed by atoms with Crippen molar-refractivity contribution in [1.29, 1.82) is 0 Å². The van der Waals surface area contributed by atoms with Gasteiger partial charge in [0.25, 0.3) is 5.56 Å². The van der Waals surface area contributed by atoms with Crippen molar-refractivity contribution in [3.05, 3.63) is 42.5 Å². The number of rotatable bonds is 1. The lowest BCUT2D eigenvalue weighted by Gasteiger charge is -1.97. The Kier molecular flexibility index (Phi) is 2.32. The quantitative estimate of drug-likeness (QED) is 0.801. The van der Waals surface area contributed by atoms with Crippen LogP contribution in [0.3, 0.4) is 0 Å². The maximum absolute atomic E-state index is 11.1. The van der Waals surface area contributed by atoms with E-state index in [2.05, 4.69) is 9.50 Å². The van der Waals surface area contributed by atoms with Gasteiger partial charge < -0.3 is 4.42 Å². The van der Waals surface area contributed by atoms with Gasteiger partial charge in [-0.05, 0) is 6.07 Å². The first-order chi connectivity index (χ1) is 6.70. The van der Waals surface area contributed by atoms with Gasteiger partial charge in [-0.25, -0.2) is 4.79 Å². The monoisotopic (exact) mass is 303 g/mol. The van der Waals surface area contributed by atoms with E-state index in [1.54, 1.807) is 6.07 Å². The van der Waals surface area contributed by atoms with Crippen LogP contribution in [-0.2, 0) is 0 Å². The van der Waals surface area contributed by atoms with Crippen LogP contribution in [0, 0.1) is 3.57 Å². The highest BCUT2D eigenvalue weighted by atomic mass is 127. The van der Waals surface area contributed by atoms with Crippen LogP contribution in [0.1, 0.15) is 0 Å². The number of nitrogens with one attached hydrogen (secondary N) is 1. The van der Waals surface area contributed by atoms with Crippen molar-refractivity contribution in [2.45, 2.75) is 0 Å². The van der Waals surface area contributed by atoms with E-state index < -0.39 is 26.4 Å². The first kappa shape index (κ1) is 9.32. The van der Waals surface area contributed by atoms with Gasteiger partial charge in [-0.3, -0.25) is 9.78 Å². The molecule has 14 heavy (non-hydrogen) atoms. The largest absolute Gasteiger partial charge is 0.406 e. The van der Waals surface area contributed by atoms with Crippen molar-refractivity contribution < 1.29 is 4.42 Å². The molecule has 0 spiro atoms. The molecule has 0 aliphatic rings. The molecule has 0 bridgehead atoms. The highest BCUT2D eigenvalue weighted by molar-refractivity contribution is 14.2. The number of fused-ring (bicyclic) bond motifs is 1. The minimum absolute atomic E-state index is 0.239. The third kappa shape index (κ3) is 1.54. The van der Waals surface area contributed by atoms with Crippen molar-refractivity contribution in [2.24, 2.45) is 0 Å². The average Bonchev–Trinajstić information content (AvgIpc) is 2.15. The Morgan fingerprint density at radius 3 is 2.86 bits per heavy atom. The molecule has 5 heteroatoms. The first-order valence-electron chi connectivity index (χ1n) is 3.76. The molecule has 2 aromatic rings. The second-order valence-corrected chi connectivity index (χ2v) is 4.54. The molecule has 0 atom stereocenters. The summed E-state index contributed by atoms with van der Waals surface area (Å²) in [5.74, 6) is 0. The number of hydrogen-bond acceptors (Lipinski definition) is 3. The Hall–Kier alpha value is -1.24. The highest BCUT2D eigenvalue weighted by Gasteiger charge is 2.03. The summed E-state index contributed by atoms with van der Waals surface area (Å²) in [6.45, 7) is 0. The molecule has 4 nitrogen and oxygen atoms in total. The Bertz CT molecular complexity index is 606. The van der Waals surface area contributed by atoms with E-state index in [1.807, 2.05) is 0 Å². The minimum atomic E-state index is -0.452. The van der Waals surface area contributed by atoms with Gasteiger partial charge in [0.2, 0.25) is 5.71 Å². The second-order valence-electron chi connectivity index (χ2n) is 2.61. The first-order valence-corrected chi connectivity index (χ1v) is 6.37. The molecule has 0 radical (unpaired) electrons. The summed E-state index contributed by atoms with van der Waals surface area (Å²) < 4.78 is 9.55. The lowest BCUT2D eigenvalue weighted by Crippen LogP contribution is -2.06. The van der Waals surface area contributed by atoms with Gasteiger partial charge in [-0.1, -0.05) is 25.2 Å². The molecule has 0 amide bonds. The van der Waals surface area contributed by atoms with Crippen LogP contribution in [0.5, 0.6) is 0 Å². The number of hydrogen-bond donors (Lipinski definition) is 1. The normalized spacial score (nSPS) is 10.6. The summed E-state index contributed by atoms with van der Waals surface area (Å²) in [5.41, 5.74) is -0.485. The van der Waals surface area contributed by atoms with Gasteiger partial charge in [0.05, 0.1) is 0 Å². The van der Waals surface area contributed by atoms with E-state index in [9.17, 15) is 9.59 Å². The van der Waals surface area contributed by atoms with Crippen LogP contribution in [0.25, 0.3) is 11.1 Å². The summed E-state index contributed by atoms with van der Waals surface area (Å²) >= 11 is -0.452. The van der Waals surface area contributed by atoms with E-state index >= 15 is 0 Å². The van der Waals surface area contributed by atoms with Gasteiger partial charge >= 0.3 is 5.63 Å². The highest BCUT2D eigenvalue weighted by Crippen LogP contribution is 2.17. The van der Waals surface area contributed by atoms with Crippen LogP contribution in [0.2, 0.25) is 0 Å². The number of pyridine rings is 1. The van der Waals surface area contributed by atoms with E-state index in [-0.39, 0.29) is 11.3 Å². The number of halogens is 1. The molecule has 0 aliphatic heterocycles. The molecule has 2 heterocycles. The van der Waals surface area contributed by atoms with Crippen LogP contribution >= 0.6 is 20.7 Å². The van der Waals surface area contributed by atoms with Crippen molar-refractivity contribution in [3.63, 3.8) is 0 Å². The van der Waals surface area contributed by atoms with Crippen LogP contribution < -0.4 is 11.2 Å². The molecular weight excluding hydrogens is 297 g/mol. The molecule has 0 saturated heterocycles. The molecule has 72 valence electrons. The number of H-pyrrole nitrogens is 1. The summed E-state index contributed by atoms with van der Waals surface area (Å²) in [6.07, 6.45) is 0. The predicted molar refractivity (Wildman–Crippen MR) is 62.9 cm³/mol. The standard InChI is InChI=1S/C9H6INO3/c1-10-6-4-8(13)14-9-5(6)2-3-7(12)11-9/h2-4H,1H2,(H,11,12). The molecule has 0 fully saturated rings. The molecule has 0 aliphatic carbocycles. The van der Waals surface area contributed by atoms with E-state index in [0.29, 0.717) is 0 Å². The van der Waals surface area contributed by atoms with Gasteiger partial charge in [-0.2, -0.15) is 0 Å². The summed E-state index contributed by atoms with van der Waals surface area (Å²) in [6, 6.07) is 4.49. The topological polar surface area (TPSA) is 63.1 Å². The fourth-order valence-electron chi connectivity index (χ4n) is 1.15. The fraction of sp³-hybridized carbons (Fsp3) is 0. The van der Waals surface area contributed by atoms with Crippen molar-refractivity contribution in [1.82, 2.24) is 4.98 Å². The second kappa shape index (κ2) is 3.49. The lowest BCUT2D eigenvalue weighted by molar-refractivity contribution is 0.547. The SMILES string of the molecule is C=Ic1cc(=O)oc2[nH]c(=O)ccc12. The third-order valence-corrected chi connectivity index (χ3v) is 3.45. The molecule has 2 rings (SSSR count). The third-order valence-electron chi connectivity index (χ3n) is 1.73. The van der Waals surface area contributed by atoms with E-state index in [1.165, 1.54) is 12.1 Å². The molecule has 0 saturated carbocycles. The summed E-state index contributed by atoms with van der Waals surface area (Å²) in [4.78, 5) is 24.5. The van der Waals surface area contributed by atoms with Crippen molar-refractivity contribution in [2.75, 3.05) is 0 Å². The zero-order valence-electron chi connectivity index (χ0n) is 7.04.